The van der Waals surface area contributed by atoms with Gasteiger partial charge in [-0.25, -0.2) is 14.4 Å². The second kappa shape index (κ2) is 7.22. The Morgan fingerprint density at radius 1 is 1.27 bits per heavy atom. The molecule has 1 aliphatic heterocycles. The average Bonchev–Trinajstić information content (AvgIpc) is 2.72. The summed E-state index contributed by atoms with van der Waals surface area (Å²) < 4.78 is 14.8. The van der Waals surface area contributed by atoms with Crippen LogP contribution in [0.1, 0.15) is 42.4 Å². The van der Waals surface area contributed by atoms with Gasteiger partial charge in [0, 0.05) is 24.5 Å². The SMILES string of the molecule is CN1C(=O)C(C)(C)[C@@](C)(c2cc(NC(=O)c3ccc(C#N)cn3)ccc2F)N=C1N. The Kier molecular flexibility index (Phi) is 5.04. The fraction of sp³-hybridized carbons (Fsp3) is 0.286. The Labute approximate surface area is 173 Å². The molecule has 1 aromatic carbocycles. The number of hydrogen-bond acceptors (Lipinski definition) is 6. The number of benzene rings is 1. The van der Waals surface area contributed by atoms with E-state index in [0.717, 1.165) is 0 Å². The normalized spacial score (nSPS) is 20.3. The van der Waals surface area contributed by atoms with E-state index in [9.17, 15) is 14.0 Å². The minimum Gasteiger partial charge on any atom is -0.369 e. The lowest BCUT2D eigenvalue weighted by molar-refractivity contribution is -0.140. The summed E-state index contributed by atoms with van der Waals surface area (Å²) in [5.74, 6) is -1.41. The summed E-state index contributed by atoms with van der Waals surface area (Å²) in [4.78, 5) is 34.9. The van der Waals surface area contributed by atoms with Gasteiger partial charge in [-0.15, -0.1) is 0 Å². The van der Waals surface area contributed by atoms with Crippen molar-refractivity contribution in [2.45, 2.75) is 26.3 Å². The summed E-state index contributed by atoms with van der Waals surface area (Å²) in [7, 11) is 1.51. The van der Waals surface area contributed by atoms with E-state index in [-0.39, 0.29) is 23.1 Å². The van der Waals surface area contributed by atoms with Crippen molar-refractivity contribution in [1.82, 2.24) is 9.88 Å². The molecule has 0 bridgehead atoms. The highest BCUT2D eigenvalue weighted by Gasteiger charge is 2.53. The molecule has 1 aliphatic rings. The summed E-state index contributed by atoms with van der Waals surface area (Å²) in [5.41, 5.74) is 4.37. The Morgan fingerprint density at radius 2 is 1.97 bits per heavy atom. The Balaban J connectivity index is 2.00. The van der Waals surface area contributed by atoms with Crippen molar-refractivity contribution in [3.8, 4) is 6.07 Å². The molecule has 154 valence electrons. The minimum atomic E-state index is -1.29. The second-order valence-electron chi connectivity index (χ2n) is 7.72. The molecule has 0 saturated carbocycles. The topological polar surface area (TPSA) is 124 Å². The number of aromatic nitrogens is 1. The van der Waals surface area contributed by atoms with Crippen LogP contribution in [0.3, 0.4) is 0 Å². The first-order valence-corrected chi connectivity index (χ1v) is 9.12. The lowest BCUT2D eigenvalue weighted by atomic mass is 9.67. The predicted molar refractivity (Wildman–Crippen MR) is 109 cm³/mol. The first kappa shape index (κ1) is 20.9. The van der Waals surface area contributed by atoms with Crippen LogP contribution in [0.15, 0.2) is 41.5 Å². The fourth-order valence-corrected chi connectivity index (χ4v) is 3.34. The molecule has 0 unspecified atom stereocenters. The zero-order valence-electron chi connectivity index (χ0n) is 17.0. The van der Waals surface area contributed by atoms with E-state index >= 15 is 0 Å². The van der Waals surface area contributed by atoms with Gasteiger partial charge in [0.25, 0.3) is 5.91 Å². The van der Waals surface area contributed by atoms with Crippen LogP contribution in [0.2, 0.25) is 0 Å². The van der Waals surface area contributed by atoms with Crippen LogP contribution in [0.4, 0.5) is 10.1 Å². The van der Waals surface area contributed by atoms with Gasteiger partial charge in [0.2, 0.25) is 5.91 Å². The Morgan fingerprint density at radius 3 is 2.57 bits per heavy atom. The Bertz CT molecular complexity index is 1100. The van der Waals surface area contributed by atoms with Crippen molar-refractivity contribution in [1.29, 1.82) is 5.26 Å². The molecule has 2 amide bonds. The van der Waals surface area contributed by atoms with Crippen LogP contribution in [-0.4, -0.2) is 34.7 Å². The summed E-state index contributed by atoms with van der Waals surface area (Å²) in [6.45, 7) is 4.98. The van der Waals surface area contributed by atoms with Crippen LogP contribution >= 0.6 is 0 Å². The smallest absolute Gasteiger partial charge is 0.274 e. The highest BCUT2D eigenvalue weighted by molar-refractivity contribution is 6.03. The van der Waals surface area contributed by atoms with Crippen LogP contribution in [0.25, 0.3) is 0 Å². The molecular weight excluding hydrogens is 387 g/mol. The average molecular weight is 408 g/mol. The molecular formula is C21H21FN6O2. The van der Waals surface area contributed by atoms with Crippen LogP contribution in [0.5, 0.6) is 0 Å². The van der Waals surface area contributed by atoms with Gasteiger partial charge < -0.3 is 11.1 Å². The number of nitrogens with zero attached hydrogens (tertiary/aromatic N) is 4. The van der Waals surface area contributed by atoms with E-state index in [0.29, 0.717) is 11.3 Å². The molecule has 0 fully saturated rings. The quantitative estimate of drug-likeness (QED) is 0.807. The van der Waals surface area contributed by atoms with Crippen molar-refractivity contribution in [3.63, 3.8) is 0 Å². The van der Waals surface area contributed by atoms with Gasteiger partial charge in [-0.2, -0.15) is 5.26 Å². The predicted octanol–water partition coefficient (Wildman–Crippen LogP) is 2.37. The molecule has 0 spiro atoms. The van der Waals surface area contributed by atoms with Gasteiger partial charge in [0.15, 0.2) is 5.96 Å². The molecule has 3 N–H and O–H groups in total. The van der Waals surface area contributed by atoms with Crippen molar-refractivity contribution < 1.29 is 14.0 Å². The van der Waals surface area contributed by atoms with Gasteiger partial charge >= 0.3 is 0 Å². The third kappa shape index (κ3) is 3.26. The van der Waals surface area contributed by atoms with Crippen LogP contribution < -0.4 is 11.1 Å². The van der Waals surface area contributed by atoms with E-state index in [1.807, 2.05) is 6.07 Å². The molecule has 0 radical (unpaired) electrons. The van der Waals surface area contributed by atoms with Gasteiger partial charge in [-0.05, 0) is 51.1 Å². The number of halogens is 1. The van der Waals surface area contributed by atoms with Gasteiger partial charge in [-0.1, -0.05) is 0 Å². The second-order valence-corrected chi connectivity index (χ2v) is 7.72. The first-order chi connectivity index (χ1) is 14.0. The zero-order chi connectivity index (χ0) is 22.3. The molecule has 2 aromatic rings. The maximum atomic E-state index is 14.8. The van der Waals surface area contributed by atoms with Crippen LogP contribution in [-0.2, 0) is 10.3 Å². The number of aliphatic imine (C=N–C) groups is 1. The summed E-state index contributed by atoms with van der Waals surface area (Å²) in [6, 6.07) is 8.86. The van der Waals surface area contributed by atoms with Gasteiger partial charge in [0.1, 0.15) is 23.1 Å². The largest absolute Gasteiger partial charge is 0.369 e. The summed E-state index contributed by atoms with van der Waals surface area (Å²) in [5, 5.41) is 11.5. The molecule has 8 nitrogen and oxygen atoms in total. The number of carbonyl (C=O) groups excluding carboxylic acids is 2. The van der Waals surface area contributed by atoms with E-state index in [2.05, 4.69) is 15.3 Å². The highest BCUT2D eigenvalue weighted by Crippen LogP contribution is 2.47. The highest BCUT2D eigenvalue weighted by atomic mass is 19.1. The molecule has 0 aliphatic carbocycles. The lowest BCUT2D eigenvalue weighted by Gasteiger charge is -2.46. The zero-order valence-corrected chi connectivity index (χ0v) is 17.0. The number of guanidine groups is 1. The molecule has 30 heavy (non-hydrogen) atoms. The fourth-order valence-electron chi connectivity index (χ4n) is 3.34. The number of anilines is 1. The minimum absolute atomic E-state index is 0.0163. The third-order valence-electron chi connectivity index (χ3n) is 5.61. The monoisotopic (exact) mass is 408 g/mol. The number of nitriles is 1. The lowest BCUT2D eigenvalue weighted by Crippen LogP contribution is -2.58. The molecule has 1 atom stereocenters. The van der Waals surface area contributed by atoms with Gasteiger partial charge in [-0.3, -0.25) is 14.5 Å². The van der Waals surface area contributed by atoms with Crippen molar-refractivity contribution in [2.75, 3.05) is 12.4 Å². The third-order valence-corrected chi connectivity index (χ3v) is 5.61. The summed E-state index contributed by atoms with van der Waals surface area (Å²) >= 11 is 0. The number of hydrogen-bond donors (Lipinski definition) is 2. The van der Waals surface area contributed by atoms with E-state index in [1.54, 1.807) is 20.8 Å². The van der Waals surface area contributed by atoms with Crippen molar-refractivity contribution >= 4 is 23.5 Å². The number of nitrogens with two attached hydrogens (primary N) is 1. The molecule has 1 aromatic heterocycles. The maximum absolute atomic E-state index is 14.8. The standard InChI is InChI=1S/C21H21FN6O2/c1-20(2)18(30)28(4)19(24)27-21(20,3)14-9-13(6-7-15(14)22)26-17(29)16-8-5-12(10-23)11-25-16/h5-9,11H,1-4H3,(H2,24,27)(H,26,29)/t21-/m1/s1. The van der Waals surface area contributed by atoms with E-state index < -0.39 is 22.7 Å². The number of carbonyl (C=O) groups is 2. The van der Waals surface area contributed by atoms with E-state index in [4.69, 9.17) is 11.0 Å². The van der Waals surface area contributed by atoms with Crippen molar-refractivity contribution in [3.05, 3.63) is 59.2 Å². The number of nitrogens with one attached hydrogen (secondary N) is 1. The maximum Gasteiger partial charge on any atom is 0.274 e. The molecule has 9 heteroatoms. The van der Waals surface area contributed by atoms with Crippen molar-refractivity contribution in [2.24, 2.45) is 16.1 Å². The molecule has 3 rings (SSSR count). The molecule has 0 saturated heterocycles. The number of pyridine rings is 1. The summed E-state index contributed by atoms with van der Waals surface area (Å²) in [6.07, 6.45) is 1.29. The number of amides is 2. The van der Waals surface area contributed by atoms with Crippen LogP contribution in [0, 0.1) is 22.6 Å². The number of rotatable bonds is 3. The molecule has 2 heterocycles. The first-order valence-electron chi connectivity index (χ1n) is 9.12. The van der Waals surface area contributed by atoms with E-state index in [1.165, 1.54) is 48.5 Å². The Hall–Kier alpha value is -3.80. The van der Waals surface area contributed by atoms with Gasteiger partial charge in [0.05, 0.1) is 11.0 Å².